The fraction of sp³-hybridized carbons (Fsp3) is 0.588. The van der Waals surface area contributed by atoms with E-state index in [-0.39, 0.29) is 38.5 Å². The largest absolute Gasteiger partial charge is 0.506 e. The van der Waals surface area contributed by atoms with Gasteiger partial charge in [-0.25, -0.2) is 4.79 Å². The lowest BCUT2D eigenvalue weighted by Gasteiger charge is -2.27. The third-order valence-corrected chi connectivity index (χ3v) is 4.03. The molecule has 0 radical (unpaired) electrons. The van der Waals surface area contributed by atoms with E-state index in [0.29, 0.717) is 16.8 Å². The second-order valence-electron chi connectivity index (χ2n) is 6.71. The molecule has 1 amide bonds. The van der Waals surface area contributed by atoms with Crippen LogP contribution in [-0.4, -0.2) is 51.4 Å². The van der Waals surface area contributed by atoms with Crippen molar-refractivity contribution in [2.75, 3.05) is 13.2 Å². The molecular weight excluding hydrogens is 358 g/mol. The molecule has 0 aromatic carbocycles. The van der Waals surface area contributed by atoms with Gasteiger partial charge in [-0.15, -0.1) is 0 Å². The van der Waals surface area contributed by atoms with Gasteiger partial charge in [-0.3, -0.25) is 14.7 Å². The van der Waals surface area contributed by atoms with Crippen molar-refractivity contribution in [3.63, 3.8) is 0 Å². The van der Waals surface area contributed by atoms with Gasteiger partial charge in [0.2, 0.25) is 5.91 Å². The molecule has 1 rings (SSSR count). The Bertz CT molecular complexity index is 664. The highest BCUT2D eigenvalue weighted by atomic mass is 17.2. The SMILES string of the molecule is Cc1ncc(COOC(=O)CCNC(=O)[C@H](O)C(C)(C)CO)c(CN)c1O. The van der Waals surface area contributed by atoms with Crippen LogP contribution in [-0.2, 0) is 32.5 Å². The van der Waals surface area contributed by atoms with E-state index in [0.717, 1.165) is 0 Å². The zero-order chi connectivity index (χ0) is 20.6. The minimum atomic E-state index is -1.41. The van der Waals surface area contributed by atoms with Gasteiger partial charge < -0.3 is 26.4 Å². The molecule has 1 aromatic rings. The standard InChI is InChI=1S/C17H27N3O7/c1-10-14(23)12(6-18)11(7-20-10)8-26-27-13(22)4-5-19-16(25)15(24)17(2,3)9-21/h7,15,21,23-24H,4-6,8-9,18H2,1-3H3,(H,19,25)/t15-/m0/s1. The number of nitrogens with two attached hydrogens (primary N) is 1. The van der Waals surface area contributed by atoms with Crippen LogP contribution in [0, 0.1) is 12.3 Å². The average Bonchev–Trinajstić information content (AvgIpc) is 2.64. The van der Waals surface area contributed by atoms with E-state index in [1.165, 1.54) is 20.0 Å². The number of aromatic nitrogens is 1. The highest BCUT2D eigenvalue weighted by Crippen LogP contribution is 2.23. The molecule has 0 bridgehead atoms. The van der Waals surface area contributed by atoms with Crippen LogP contribution in [0.2, 0.25) is 0 Å². The fourth-order valence-electron chi connectivity index (χ4n) is 2.06. The molecule has 1 heterocycles. The lowest BCUT2D eigenvalue weighted by molar-refractivity contribution is -0.279. The number of nitrogens with one attached hydrogen (secondary N) is 1. The van der Waals surface area contributed by atoms with Crippen molar-refractivity contribution in [2.24, 2.45) is 11.1 Å². The third-order valence-electron chi connectivity index (χ3n) is 4.03. The molecular formula is C17H27N3O7. The molecule has 1 atom stereocenters. The Hall–Kier alpha value is -2.27. The number of aliphatic hydroxyl groups is 2. The first kappa shape index (κ1) is 22.8. The topological polar surface area (TPSA) is 164 Å². The van der Waals surface area contributed by atoms with Crippen LogP contribution in [0.15, 0.2) is 6.20 Å². The summed E-state index contributed by atoms with van der Waals surface area (Å²) in [6.07, 6.45) is -0.124. The predicted octanol–water partition coefficient (Wildman–Crippen LogP) is -0.585. The van der Waals surface area contributed by atoms with E-state index in [2.05, 4.69) is 15.2 Å². The first-order valence-electron chi connectivity index (χ1n) is 8.39. The number of aromatic hydroxyl groups is 1. The summed E-state index contributed by atoms with van der Waals surface area (Å²) in [5.41, 5.74) is 5.95. The molecule has 0 aliphatic rings. The summed E-state index contributed by atoms with van der Waals surface area (Å²) in [6, 6.07) is 0. The van der Waals surface area contributed by atoms with Gasteiger partial charge in [0.1, 0.15) is 18.5 Å². The van der Waals surface area contributed by atoms with E-state index >= 15 is 0 Å². The van der Waals surface area contributed by atoms with Gasteiger partial charge in [0.05, 0.1) is 18.7 Å². The van der Waals surface area contributed by atoms with E-state index in [9.17, 15) is 19.8 Å². The molecule has 0 saturated carbocycles. The maximum Gasteiger partial charge on any atom is 0.344 e. The van der Waals surface area contributed by atoms with E-state index in [1.807, 2.05) is 0 Å². The zero-order valence-electron chi connectivity index (χ0n) is 15.7. The first-order valence-corrected chi connectivity index (χ1v) is 8.39. The van der Waals surface area contributed by atoms with E-state index < -0.39 is 23.4 Å². The molecule has 10 nitrogen and oxygen atoms in total. The maximum atomic E-state index is 11.8. The minimum absolute atomic E-state index is 0.0306. The van der Waals surface area contributed by atoms with Crippen molar-refractivity contribution in [3.8, 4) is 5.75 Å². The van der Waals surface area contributed by atoms with E-state index in [4.69, 9.17) is 15.7 Å². The average molecular weight is 385 g/mol. The van der Waals surface area contributed by atoms with Gasteiger partial charge in [0.15, 0.2) is 0 Å². The highest BCUT2D eigenvalue weighted by Gasteiger charge is 2.32. The fourth-order valence-corrected chi connectivity index (χ4v) is 2.06. The molecule has 0 aliphatic carbocycles. The second-order valence-corrected chi connectivity index (χ2v) is 6.71. The number of hydrogen-bond acceptors (Lipinski definition) is 9. The summed E-state index contributed by atoms with van der Waals surface area (Å²) >= 11 is 0. The maximum absolute atomic E-state index is 11.8. The second kappa shape index (κ2) is 10.2. The number of amides is 1. The summed E-state index contributed by atoms with van der Waals surface area (Å²) in [7, 11) is 0. The minimum Gasteiger partial charge on any atom is -0.506 e. The van der Waals surface area contributed by atoms with Crippen LogP contribution in [0.1, 0.15) is 37.1 Å². The Morgan fingerprint density at radius 1 is 1.41 bits per heavy atom. The summed E-state index contributed by atoms with van der Waals surface area (Å²) in [5, 5.41) is 31.2. The predicted molar refractivity (Wildman–Crippen MR) is 93.9 cm³/mol. The number of carbonyl (C=O) groups excluding carboxylic acids is 2. The summed E-state index contributed by atoms with van der Waals surface area (Å²) < 4.78 is 0. The van der Waals surface area contributed by atoms with Crippen LogP contribution in [0.5, 0.6) is 5.75 Å². The van der Waals surface area contributed by atoms with Crippen LogP contribution >= 0.6 is 0 Å². The Morgan fingerprint density at radius 2 is 2.07 bits per heavy atom. The number of aryl methyl sites for hydroxylation is 1. The molecule has 0 aliphatic heterocycles. The van der Waals surface area contributed by atoms with Crippen LogP contribution in [0.4, 0.5) is 0 Å². The van der Waals surface area contributed by atoms with Gasteiger partial charge in [-0.2, -0.15) is 4.89 Å². The van der Waals surface area contributed by atoms with Gasteiger partial charge in [0.25, 0.3) is 0 Å². The van der Waals surface area contributed by atoms with Gasteiger partial charge in [-0.05, 0) is 6.92 Å². The van der Waals surface area contributed by atoms with Crippen molar-refractivity contribution in [3.05, 3.63) is 23.0 Å². The zero-order valence-corrected chi connectivity index (χ0v) is 15.7. The van der Waals surface area contributed by atoms with Gasteiger partial charge >= 0.3 is 5.97 Å². The summed E-state index contributed by atoms with van der Waals surface area (Å²) in [4.78, 5) is 36.8. The quantitative estimate of drug-likeness (QED) is 0.262. The molecule has 0 unspecified atom stereocenters. The Kier molecular flexibility index (Phi) is 8.57. The third kappa shape index (κ3) is 6.43. The lowest BCUT2D eigenvalue weighted by atomic mass is 9.87. The number of carbonyl (C=O) groups is 2. The van der Waals surface area contributed by atoms with Gasteiger partial charge in [-0.1, -0.05) is 13.8 Å². The number of hydrogen-bond donors (Lipinski definition) is 5. The van der Waals surface area contributed by atoms with Crippen LogP contribution < -0.4 is 11.1 Å². The van der Waals surface area contributed by atoms with Crippen molar-refractivity contribution >= 4 is 11.9 Å². The molecule has 1 aromatic heterocycles. The molecule has 0 fully saturated rings. The number of nitrogens with zero attached hydrogens (tertiary/aromatic N) is 1. The highest BCUT2D eigenvalue weighted by molar-refractivity contribution is 5.81. The molecule has 10 heteroatoms. The summed E-state index contributed by atoms with van der Waals surface area (Å²) in [6.45, 7) is 4.19. The molecule has 0 spiro atoms. The van der Waals surface area contributed by atoms with Crippen molar-refractivity contribution in [1.29, 1.82) is 0 Å². The first-order chi connectivity index (χ1) is 12.6. The van der Waals surface area contributed by atoms with Crippen molar-refractivity contribution in [1.82, 2.24) is 10.3 Å². The molecule has 0 saturated heterocycles. The molecule has 27 heavy (non-hydrogen) atoms. The number of rotatable bonds is 10. The smallest absolute Gasteiger partial charge is 0.344 e. The van der Waals surface area contributed by atoms with Gasteiger partial charge in [0, 0.05) is 35.8 Å². The van der Waals surface area contributed by atoms with Crippen molar-refractivity contribution in [2.45, 2.75) is 46.4 Å². The van der Waals surface area contributed by atoms with Crippen LogP contribution in [0.3, 0.4) is 0 Å². The Balaban J connectivity index is 2.39. The summed E-state index contributed by atoms with van der Waals surface area (Å²) in [5.74, 6) is -1.46. The Morgan fingerprint density at radius 3 is 2.67 bits per heavy atom. The monoisotopic (exact) mass is 385 g/mol. The molecule has 6 N–H and O–H groups in total. The van der Waals surface area contributed by atoms with Crippen molar-refractivity contribution < 1.29 is 34.7 Å². The normalized spacial score (nSPS) is 12.5. The Labute approximate surface area is 157 Å². The number of pyridine rings is 1. The number of aliphatic hydroxyl groups excluding tert-OH is 2. The lowest BCUT2D eigenvalue weighted by Crippen LogP contribution is -2.46. The molecule has 152 valence electrons. The van der Waals surface area contributed by atoms with E-state index in [1.54, 1.807) is 6.92 Å². The van der Waals surface area contributed by atoms with Crippen LogP contribution in [0.25, 0.3) is 0 Å².